The van der Waals surface area contributed by atoms with Crippen molar-refractivity contribution in [3.8, 4) is 0 Å². The Balaban J connectivity index is 0.00000196. The Kier molecular flexibility index (Phi) is 6.81. The summed E-state index contributed by atoms with van der Waals surface area (Å²) in [6.45, 7) is 1.84. The minimum Gasteiger partial charge on any atom is -0.550 e. The molecule has 4 heteroatoms. The van der Waals surface area contributed by atoms with Crippen LogP contribution in [0.15, 0.2) is 23.8 Å². The maximum Gasteiger partial charge on any atom is 1.00 e. The van der Waals surface area contributed by atoms with Gasteiger partial charge in [-0.1, -0.05) is 25.2 Å². The maximum absolute atomic E-state index is 11.5. The largest absolute Gasteiger partial charge is 1.00 e. The molecule has 0 bridgehead atoms. The van der Waals surface area contributed by atoms with Crippen molar-refractivity contribution in [2.45, 2.75) is 26.2 Å². The zero-order valence-electron chi connectivity index (χ0n) is 9.16. The fraction of sp³-hybridized carbons (Fsp3) is 0.455. The Morgan fingerprint density at radius 2 is 2.20 bits per heavy atom. The molecular weight excluding hydrogens is 203 g/mol. The van der Waals surface area contributed by atoms with Gasteiger partial charge in [0.05, 0.1) is 0 Å². The van der Waals surface area contributed by atoms with Crippen LogP contribution < -0.4 is 34.7 Å². The quantitative estimate of drug-likeness (QED) is 0.493. The van der Waals surface area contributed by atoms with Gasteiger partial charge in [-0.05, 0) is 24.8 Å². The average Bonchev–Trinajstić information content (AvgIpc) is 2.12. The van der Waals surface area contributed by atoms with E-state index in [0.29, 0.717) is 12.8 Å². The van der Waals surface area contributed by atoms with Crippen molar-refractivity contribution < 1.29 is 44.3 Å². The Labute approximate surface area is 112 Å². The van der Waals surface area contributed by atoms with Gasteiger partial charge in [0, 0.05) is 11.9 Å². The third-order valence-corrected chi connectivity index (χ3v) is 2.25. The molecule has 0 fully saturated rings. The summed E-state index contributed by atoms with van der Waals surface area (Å²) in [4.78, 5) is 21.7. The van der Waals surface area contributed by atoms with Crippen molar-refractivity contribution in [2.24, 2.45) is 5.92 Å². The third-order valence-electron chi connectivity index (χ3n) is 2.25. The second-order valence-corrected chi connectivity index (χ2v) is 3.46. The van der Waals surface area contributed by atoms with E-state index in [0.717, 1.165) is 5.57 Å². The summed E-state index contributed by atoms with van der Waals surface area (Å²) in [5.41, 5.74) is 0.723. The molecule has 0 saturated carbocycles. The van der Waals surface area contributed by atoms with Crippen molar-refractivity contribution in [2.75, 3.05) is 0 Å². The van der Waals surface area contributed by atoms with Crippen LogP contribution in [0.25, 0.3) is 0 Å². The number of ketones is 1. The van der Waals surface area contributed by atoms with Gasteiger partial charge in [0.1, 0.15) is 0 Å². The standard InChI is InChI=1S/C11H14O3.Na/c1-8-4-2-5-9(11(8)14)6-3-7-10(12)13;/h2,4-5,8H,3,6-7H2,1H3,(H,12,13);/q;+1/p-1. The number of carboxylic acid groups (broad SMARTS) is 1. The number of Topliss-reactive ketones (excluding diaryl/α,β-unsaturated/α-hetero) is 1. The number of carbonyl (C=O) groups is 2. The summed E-state index contributed by atoms with van der Waals surface area (Å²) in [6, 6.07) is 0. The van der Waals surface area contributed by atoms with Crippen LogP contribution in [0.1, 0.15) is 26.2 Å². The Morgan fingerprint density at radius 1 is 1.53 bits per heavy atom. The molecule has 0 amide bonds. The zero-order chi connectivity index (χ0) is 10.6. The topological polar surface area (TPSA) is 57.2 Å². The van der Waals surface area contributed by atoms with Crippen molar-refractivity contribution in [1.29, 1.82) is 0 Å². The van der Waals surface area contributed by atoms with E-state index in [-0.39, 0.29) is 47.7 Å². The smallest absolute Gasteiger partial charge is 0.550 e. The van der Waals surface area contributed by atoms with Crippen molar-refractivity contribution in [1.82, 2.24) is 0 Å². The molecule has 76 valence electrons. The van der Waals surface area contributed by atoms with Crippen LogP contribution in [0.3, 0.4) is 0 Å². The first-order valence-electron chi connectivity index (χ1n) is 4.72. The molecule has 1 aliphatic rings. The van der Waals surface area contributed by atoms with E-state index in [1.807, 2.05) is 19.1 Å². The van der Waals surface area contributed by atoms with E-state index in [1.54, 1.807) is 6.08 Å². The maximum atomic E-state index is 11.5. The van der Waals surface area contributed by atoms with E-state index in [1.165, 1.54) is 0 Å². The first kappa shape index (κ1) is 14.6. The number of hydrogen-bond donors (Lipinski definition) is 0. The molecule has 0 aliphatic heterocycles. The van der Waals surface area contributed by atoms with E-state index in [9.17, 15) is 14.7 Å². The van der Waals surface area contributed by atoms with E-state index in [2.05, 4.69) is 0 Å². The number of carbonyl (C=O) groups excluding carboxylic acids is 2. The SMILES string of the molecule is CC1C=CC=C(CCCC(=O)[O-])C1=O.[Na+]. The second kappa shape index (κ2) is 6.99. The molecule has 0 N–H and O–H groups in total. The summed E-state index contributed by atoms with van der Waals surface area (Å²) in [5, 5.41) is 10.2. The molecule has 0 spiro atoms. The van der Waals surface area contributed by atoms with E-state index < -0.39 is 5.97 Å². The predicted octanol–water partition coefficient (Wildman–Crippen LogP) is -2.39. The molecular formula is C11H13NaO3. The summed E-state index contributed by atoms with van der Waals surface area (Å²) < 4.78 is 0. The fourth-order valence-corrected chi connectivity index (χ4v) is 1.43. The van der Waals surface area contributed by atoms with Crippen LogP contribution in [-0.2, 0) is 9.59 Å². The van der Waals surface area contributed by atoms with Gasteiger partial charge in [0.25, 0.3) is 0 Å². The van der Waals surface area contributed by atoms with Crippen LogP contribution in [0, 0.1) is 5.92 Å². The fourth-order valence-electron chi connectivity index (χ4n) is 1.43. The molecule has 1 rings (SSSR count). The Morgan fingerprint density at radius 3 is 2.80 bits per heavy atom. The molecule has 0 aromatic carbocycles. The summed E-state index contributed by atoms with van der Waals surface area (Å²) in [6.07, 6.45) is 6.47. The van der Waals surface area contributed by atoms with Gasteiger partial charge in [-0.2, -0.15) is 0 Å². The molecule has 0 saturated heterocycles. The van der Waals surface area contributed by atoms with Gasteiger partial charge < -0.3 is 9.90 Å². The molecule has 0 aromatic heterocycles. The molecule has 0 heterocycles. The van der Waals surface area contributed by atoms with Gasteiger partial charge >= 0.3 is 29.6 Å². The van der Waals surface area contributed by atoms with Gasteiger partial charge in [-0.15, -0.1) is 0 Å². The monoisotopic (exact) mass is 216 g/mol. The van der Waals surface area contributed by atoms with Gasteiger partial charge in [-0.3, -0.25) is 4.79 Å². The molecule has 3 nitrogen and oxygen atoms in total. The number of allylic oxidation sites excluding steroid dienone is 4. The summed E-state index contributed by atoms with van der Waals surface area (Å²) >= 11 is 0. The minimum absolute atomic E-state index is 0. The molecule has 1 aliphatic carbocycles. The average molecular weight is 216 g/mol. The van der Waals surface area contributed by atoms with E-state index in [4.69, 9.17) is 0 Å². The normalized spacial score (nSPS) is 19.4. The predicted molar refractivity (Wildman–Crippen MR) is 50.3 cm³/mol. The molecule has 0 aromatic rings. The first-order chi connectivity index (χ1) is 6.61. The zero-order valence-corrected chi connectivity index (χ0v) is 11.2. The van der Waals surface area contributed by atoms with Crippen LogP contribution in [0.4, 0.5) is 0 Å². The number of carboxylic acids is 1. The van der Waals surface area contributed by atoms with Crippen molar-refractivity contribution in [3.63, 3.8) is 0 Å². The molecule has 0 radical (unpaired) electrons. The first-order valence-corrected chi connectivity index (χ1v) is 4.72. The summed E-state index contributed by atoms with van der Waals surface area (Å²) in [7, 11) is 0. The van der Waals surface area contributed by atoms with Crippen LogP contribution in [-0.4, -0.2) is 11.8 Å². The molecule has 15 heavy (non-hydrogen) atoms. The van der Waals surface area contributed by atoms with Crippen LogP contribution in [0.2, 0.25) is 0 Å². The number of aliphatic carboxylic acids is 1. The van der Waals surface area contributed by atoms with Gasteiger partial charge in [0.2, 0.25) is 0 Å². The number of hydrogen-bond acceptors (Lipinski definition) is 3. The molecule has 1 unspecified atom stereocenters. The van der Waals surface area contributed by atoms with Crippen LogP contribution in [0.5, 0.6) is 0 Å². The van der Waals surface area contributed by atoms with E-state index >= 15 is 0 Å². The third kappa shape index (κ3) is 4.78. The summed E-state index contributed by atoms with van der Waals surface area (Å²) in [5.74, 6) is -1.03. The second-order valence-electron chi connectivity index (χ2n) is 3.46. The molecule has 1 atom stereocenters. The van der Waals surface area contributed by atoms with Gasteiger partial charge in [0.15, 0.2) is 5.78 Å². The minimum atomic E-state index is -1.06. The Hall–Kier alpha value is -0.380. The van der Waals surface area contributed by atoms with Gasteiger partial charge in [-0.25, -0.2) is 0 Å². The Bertz CT molecular complexity index is 305. The number of rotatable bonds is 4. The van der Waals surface area contributed by atoms with Crippen LogP contribution >= 0.6 is 0 Å². The van der Waals surface area contributed by atoms with Crippen molar-refractivity contribution in [3.05, 3.63) is 23.8 Å². The van der Waals surface area contributed by atoms with Crippen molar-refractivity contribution >= 4 is 11.8 Å².